The van der Waals surface area contributed by atoms with Crippen LogP contribution in [-0.2, 0) is 40.8 Å². The Balaban J connectivity index is 0.000000188. The molecule has 6 rings (SSSR count). The molecule has 0 radical (unpaired) electrons. The second kappa shape index (κ2) is 15.8. The van der Waals surface area contributed by atoms with Gasteiger partial charge in [0.05, 0.1) is 33.1 Å². The van der Waals surface area contributed by atoms with Gasteiger partial charge < -0.3 is 10.6 Å². The van der Waals surface area contributed by atoms with Crippen molar-refractivity contribution in [2.24, 2.45) is 0 Å². The molecule has 6 atom stereocenters. The van der Waals surface area contributed by atoms with Crippen LogP contribution in [0.2, 0.25) is 0 Å². The van der Waals surface area contributed by atoms with Crippen molar-refractivity contribution in [3.8, 4) is 0 Å². The molecule has 2 aliphatic rings. The number of amides is 4. The standard InChI is InChI=1S/2C18H18N2O3S/c2*1-13(21)19-16-12-24(23)18(14-8-4-2-5-9-14)20(17(16)22)15-10-6-3-7-11-15/h2*2-11,16,18H,12H2,1H3,(H,19,21)/t2*16-,18-,24-/m00/s1. The van der Waals surface area contributed by atoms with Gasteiger partial charge in [-0.1, -0.05) is 97.1 Å². The average molecular weight is 685 g/mol. The molecule has 2 fully saturated rings. The first-order valence-corrected chi connectivity index (χ1v) is 18.1. The Hall–Kier alpha value is -4.94. The van der Waals surface area contributed by atoms with Crippen LogP contribution < -0.4 is 20.4 Å². The smallest absolute Gasteiger partial charge is 0.251 e. The van der Waals surface area contributed by atoms with Crippen LogP contribution in [0, 0.1) is 0 Å². The van der Waals surface area contributed by atoms with Gasteiger partial charge in [-0.2, -0.15) is 0 Å². The molecule has 48 heavy (non-hydrogen) atoms. The number of hydrogen-bond acceptors (Lipinski definition) is 6. The number of anilines is 2. The van der Waals surface area contributed by atoms with Crippen LogP contribution in [0.1, 0.15) is 35.7 Å². The summed E-state index contributed by atoms with van der Waals surface area (Å²) in [6.07, 6.45) is 0. The fraction of sp³-hybridized carbons (Fsp3) is 0.222. The highest BCUT2D eigenvalue weighted by Gasteiger charge is 2.43. The van der Waals surface area contributed by atoms with E-state index in [-0.39, 0.29) is 35.1 Å². The highest BCUT2D eigenvalue weighted by Crippen LogP contribution is 2.35. The Labute approximate surface area is 284 Å². The molecule has 248 valence electrons. The fourth-order valence-electron chi connectivity index (χ4n) is 5.69. The summed E-state index contributed by atoms with van der Waals surface area (Å²) < 4.78 is 25.8. The summed E-state index contributed by atoms with van der Waals surface area (Å²) in [5.74, 6) is -0.884. The third-order valence-electron chi connectivity index (χ3n) is 7.69. The Morgan fingerprint density at radius 3 is 1.12 bits per heavy atom. The van der Waals surface area contributed by atoms with Crippen LogP contribution in [0.5, 0.6) is 0 Å². The van der Waals surface area contributed by atoms with Crippen LogP contribution in [0.25, 0.3) is 0 Å². The maximum atomic E-state index is 13.0. The molecule has 2 saturated heterocycles. The van der Waals surface area contributed by atoms with Gasteiger partial charge in [-0.3, -0.25) is 37.4 Å². The first-order chi connectivity index (χ1) is 23.2. The van der Waals surface area contributed by atoms with Crippen LogP contribution in [-0.4, -0.2) is 55.6 Å². The van der Waals surface area contributed by atoms with Gasteiger partial charge in [0.15, 0.2) is 0 Å². The molecular weight excluding hydrogens is 649 g/mol. The van der Waals surface area contributed by atoms with Crippen molar-refractivity contribution >= 4 is 56.6 Å². The van der Waals surface area contributed by atoms with Gasteiger partial charge in [-0.05, 0) is 35.4 Å². The van der Waals surface area contributed by atoms with Crippen molar-refractivity contribution in [2.75, 3.05) is 21.3 Å². The summed E-state index contributed by atoms with van der Waals surface area (Å²) in [6, 6.07) is 35.4. The van der Waals surface area contributed by atoms with Crippen molar-refractivity contribution in [2.45, 2.75) is 36.7 Å². The zero-order valence-electron chi connectivity index (χ0n) is 26.4. The first-order valence-electron chi connectivity index (χ1n) is 15.3. The number of benzene rings is 4. The summed E-state index contributed by atoms with van der Waals surface area (Å²) in [5.41, 5.74) is 2.96. The minimum atomic E-state index is -1.34. The molecule has 4 amide bonds. The van der Waals surface area contributed by atoms with Crippen LogP contribution in [0.15, 0.2) is 121 Å². The Kier molecular flexibility index (Phi) is 11.3. The molecule has 2 aliphatic heterocycles. The molecule has 0 aliphatic carbocycles. The van der Waals surface area contributed by atoms with Gasteiger partial charge in [0.2, 0.25) is 11.8 Å². The van der Waals surface area contributed by atoms with E-state index in [0.29, 0.717) is 11.4 Å². The number of para-hydroxylation sites is 2. The fourth-order valence-corrected chi connectivity index (χ4v) is 9.01. The molecule has 10 nitrogen and oxygen atoms in total. The maximum absolute atomic E-state index is 13.0. The summed E-state index contributed by atoms with van der Waals surface area (Å²) >= 11 is 0. The molecule has 0 unspecified atom stereocenters. The normalized spacial score (nSPS) is 23.8. The van der Waals surface area contributed by atoms with Crippen molar-refractivity contribution in [1.29, 1.82) is 0 Å². The highest BCUT2D eigenvalue weighted by molar-refractivity contribution is 7.85. The van der Waals surface area contributed by atoms with Crippen molar-refractivity contribution in [3.05, 3.63) is 132 Å². The molecule has 0 aromatic heterocycles. The molecule has 12 heteroatoms. The summed E-state index contributed by atoms with van der Waals surface area (Å²) in [6.45, 7) is 2.71. The van der Waals surface area contributed by atoms with Crippen LogP contribution in [0.4, 0.5) is 11.4 Å². The summed E-state index contributed by atoms with van der Waals surface area (Å²) in [7, 11) is -2.67. The third-order valence-corrected chi connectivity index (χ3v) is 11.0. The third kappa shape index (κ3) is 7.95. The molecule has 0 spiro atoms. The number of carbonyl (C=O) groups is 4. The van der Waals surface area contributed by atoms with Gasteiger partial charge in [-0.15, -0.1) is 0 Å². The SMILES string of the molecule is CC(=O)N[C@H]1C[S@](=O)[C@@H](c2ccccc2)N(c2ccccc2)C1=O.CC(=O)N[C@H]1C[S@](=O)[C@@H](c2ccccc2)N(c2ccccc2)C1=O. The van der Waals surface area contributed by atoms with E-state index in [1.807, 2.05) is 97.1 Å². The Morgan fingerprint density at radius 1 is 0.542 bits per heavy atom. The summed E-state index contributed by atoms with van der Waals surface area (Å²) in [4.78, 5) is 51.8. The first kappa shape index (κ1) is 34.4. The zero-order chi connectivity index (χ0) is 34.2. The second-order valence-electron chi connectivity index (χ2n) is 11.2. The monoisotopic (exact) mass is 684 g/mol. The van der Waals surface area contributed by atoms with E-state index in [2.05, 4.69) is 10.6 Å². The lowest BCUT2D eigenvalue weighted by molar-refractivity contribution is -0.126. The molecule has 4 aromatic carbocycles. The molecule has 0 saturated carbocycles. The lowest BCUT2D eigenvalue weighted by atomic mass is 10.1. The molecule has 0 bridgehead atoms. The van der Waals surface area contributed by atoms with E-state index in [0.717, 1.165) is 11.1 Å². The zero-order valence-corrected chi connectivity index (χ0v) is 28.1. The lowest BCUT2D eigenvalue weighted by Crippen LogP contribution is -2.57. The van der Waals surface area contributed by atoms with E-state index in [4.69, 9.17) is 0 Å². The maximum Gasteiger partial charge on any atom is 0.251 e. The van der Waals surface area contributed by atoms with Crippen molar-refractivity contribution < 1.29 is 27.6 Å². The van der Waals surface area contributed by atoms with Crippen molar-refractivity contribution in [3.63, 3.8) is 0 Å². The minimum Gasteiger partial charge on any atom is -0.344 e. The second-order valence-corrected chi connectivity index (χ2v) is 14.3. The molecule has 4 aromatic rings. The van der Waals surface area contributed by atoms with Gasteiger partial charge in [-0.25, -0.2) is 0 Å². The van der Waals surface area contributed by atoms with Gasteiger partial charge in [0.25, 0.3) is 11.8 Å². The van der Waals surface area contributed by atoms with E-state index in [1.54, 1.807) is 24.3 Å². The van der Waals surface area contributed by atoms with E-state index in [1.165, 1.54) is 23.6 Å². The van der Waals surface area contributed by atoms with Crippen LogP contribution >= 0.6 is 0 Å². The number of carbonyl (C=O) groups excluding carboxylic acids is 4. The molecular formula is C36H36N4O6S2. The lowest BCUT2D eigenvalue weighted by Gasteiger charge is -2.38. The predicted octanol–water partition coefficient (Wildman–Crippen LogP) is 3.97. The van der Waals surface area contributed by atoms with E-state index < -0.39 is 44.4 Å². The Morgan fingerprint density at radius 2 is 0.833 bits per heavy atom. The average Bonchev–Trinajstić information content (AvgIpc) is 3.09. The number of hydrogen-bond donors (Lipinski definition) is 2. The summed E-state index contributed by atoms with van der Waals surface area (Å²) in [5, 5.41) is 4.09. The van der Waals surface area contributed by atoms with Crippen molar-refractivity contribution in [1.82, 2.24) is 10.6 Å². The number of nitrogens with zero attached hydrogens (tertiary/aromatic N) is 2. The molecule has 2 N–H and O–H groups in total. The largest absolute Gasteiger partial charge is 0.344 e. The quantitative estimate of drug-likeness (QED) is 0.316. The van der Waals surface area contributed by atoms with Gasteiger partial charge in [0, 0.05) is 25.2 Å². The number of rotatable bonds is 6. The Bertz CT molecular complexity index is 1660. The molecule has 2 heterocycles. The minimum absolute atomic E-state index is 0.112. The topological polar surface area (TPSA) is 133 Å². The highest BCUT2D eigenvalue weighted by atomic mass is 32.2. The van der Waals surface area contributed by atoms with E-state index in [9.17, 15) is 27.6 Å². The predicted molar refractivity (Wildman–Crippen MR) is 187 cm³/mol. The van der Waals surface area contributed by atoms with E-state index >= 15 is 0 Å². The van der Waals surface area contributed by atoms with Gasteiger partial charge >= 0.3 is 0 Å². The number of nitrogens with one attached hydrogen (secondary N) is 2. The van der Waals surface area contributed by atoms with Crippen LogP contribution in [0.3, 0.4) is 0 Å². The van der Waals surface area contributed by atoms with Gasteiger partial charge in [0.1, 0.15) is 22.8 Å².